The average Bonchev–Trinajstić information content (AvgIpc) is 3.89. The van der Waals surface area contributed by atoms with Gasteiger partial charge in [-0.05, 0) is 77.9 Å². The Balaban J connectivity index is 1.15. The minimum Gasteiger partial charge on any atom is -0.319 e. The van der Waals surface area contributed by atoms with Gasteiger partial charge in [0.05, 0.1) is 62.7 Å². The molecule has 0 atom stereocenters. The third-order valence-corrected chi connectivity index (χ3v) is 11.1. The summed E-state index contributed by atoms with van der Waals surface area (Å²) in [7, 11) is 0. The van der Waals surface area contributed by atoms with E-state index < -0.39 is 0 Å². The molecule has 0 radical (unpaired) electrons. The number of hydrogen-bond acceptors (Lipinski definition) is 1. The van der Waals surface area contributed by atoms with Crippen molar-refractivity contribution >= 4 is 71.1 Å². The van der Waals surface area contributed by atoms with Gasteiger partial charge in [-0.3, -0.25) is 0 Å². The van der Waals surface area contributed by atoms with Crippen molar-refractivity contribution in [2.45, 2.75) is 0 Å². The molecule has 11 rings (SSSR count). The summed E-state index contributed by atoms with van der Waals surface area (Å²) < 4.78 is 6.85. The number of rotatable bonds is 4. The Morgan fingerprint density at radius 1 is 0.418 bits per heavy atom. The highest BCUT2D eigenvalue weighted by atomic mass is 15.1. The number of aromatic nitrogens is 3. The molecule has 0 fully saturated rings. The second kappa shape index (κ2) is 11.8. The van der Waals surface area contributed by atoms with Crippen LogP contribution in [0.1, 0.15) is 5.56 Å². The van der Waals surface area contributed by atoms with E-state index >= 15 is 0 Å². The summed E-state index contributed by atoms with van der Waals surface area (Å²) in [6.07, 6.45) is 0. The predicted octanol–water partition coefficient (Wildman–Crippen LogP) is 13.1. The lowest BCUT2D eigenvalue weighted by atomic mass is 10.0. The normalized spacial score (nSPS) is 11.6. The molecular weight excluding hydrogens is 671 g/mol. The van der Waals surface area contributed by atoms with E-state index in [1.807, 2.05) is 18.2 Å². The maximum absolute atomic E-state index is 10.3. The number of nitriles is 1. The van der Waals surface area contributed by atoms with E-state index in [-0.39, 0.29) is 0 Å². The van der Waals surface area contributed by atoms with Crippen molar-refractivity contribution in [2.75, 3.05) is 0 Å². The number of fused-ring (bicyclic) bond motifs is 9. The van der Waals surface area contributed by atoms with E-state index in [2.05, 4.69) is 182 Å². The van der Waals surface area contributed by atoms with Crippen LogP contribution < -0.4 is 0 Å². The average molecular weight is 700 g/mol. The maximum Gasteiger partial charge on any atom is 0.211 e. The van der Waals surface area contributed by atoms with Crippen LogP contribution in [0.25, 0.3) is 98.5 Å². The van der Waals surface area contributed by atoms with Gasteiger partial charge in [0.25, 0.3) is 0 Å². The second-order valence-corrected chi connectivity index (χ2v) is 14.0. The third-order valence-electron chi connectivity index (χ3n) is 11.1. The molecule has 0 spiro atoms. The third kappa shape index (κ3) is 4.45. The topological polar surface area (TPSA) is 42.9 Å². The first kappa shape index (κ1) is 30.7. The van der Waals surface area contributed by atoms with Gasteiger partial charge < -0.3 is 13.7 Å². The summed E-state index contributed by atoms with van der Waals surface area (Å²) in [5, 5.41) is 17.1. The fraction of sp³-hybridized carbons (Fsp3) is 0. The molecule has 5 heteroatoms. The molecule has 0 unspecified atom stereocenters. The quantitative estimate of drug-likeness (QED) is 0.169. The van der Waals surface area contributed by atoms with Gasteiger partial charge in [-0.1, -0.05) is 109 Å². The van der Waals surface area contributed by atoms with Crippen LogP contribution in [0.4, 0.5) is 5.69 Å². The van der Waals surface area contributed by atoms with Crippen LogP contribution in [0.2, 0.25) is 0 Å². The van der Waals surface area contributed by atoms with Crippen LogP contribution in [0.3, 0.4) is 0 Å². The molecule has 8 aromatic carbocycles. The lowest BCUT2D eigenvalue weighted by Crippen LogP contribution is -2.01. The van der Waals surface area contributed by atoms with Crippen molar-refractivity contribution < 1.29 is 0 Å². The summed E-state index contributed by atoms with van der Waals surface area (Å²) in [5.74, 6) is 0. The van der Waals surface area contributed by atoms with Crippen LogP contribution >= 0.6 is 0 Å². The van der Waals surface area contributed by atoms with E-state index in [0.717, 1.165) is 72.1 Å². The Hall–Kier alpha value is -7.86. The van der Waals surface area contributed by atoms with Crippen LogP contribution in [0.5, 0.6) is 0 Å². The van der Waals surface area contributed by atoms with Crippen molar-refractivity contribution in [3.8, 4) is 34.3 Å². The van der Waals surface area contributed by atoms with Crippen molar-refractivity contribution in [3.63, 3.8) is 0 Å². The molecule has 0 aliphatic heterocycles. The van der Waals surface area contributed by atoms with Crippen molar-refractivity contribution in [2.24, 2.45) is 0 Å². The maximum atomic E-state index is 10.3. The smallest absolute Gasteiger partial charge is 0.211 e. The first-order chi connectivity index (χ1) is 27.2. The van der Waals surface area contributed by atoms with Crippen molar-refractivity contribution in [1.82, 2.24) is 13.7 Å². The van der Waals surface area contributed by atoms with Gasteiger partial charge in [0, 0.05) is 38.0 Å². The minimum absolute atomic E-state index is 0.587. The Morgan fingerprint density at radius 2 is 0.891 bits per heavy atom. The fourth-order valence-electron chi connectivity index (χ4n) is 8.75. The number of nitrogens with zero attached hydrogens (tertiary/aromatic N) is 5. The summed E-state index contributed by atoms with van der Waals surface area (Å²) >= 11 is 0. The molecule has 11 aromatic rings. The van der Waals surface area contributed by atoms with Gasteiger partial charge in [0.2, 0.25) is 5.69 Å². The largest absolute Gasteiger partial charge is 0.319 e. The highest BCUT2D eigenvalue weighted by Gasteiger charge is 2.22. The predicted molar refractivity (Wildman–Crippen MR) is 226 cm³/mol. The molecule has 3 aromatic heterocycles. The van der Waals surface area contributed by atoms with E-state index in [1.54, 1.807) is 0 Å². The van der Waals surface area contributed by atoms with E-state index in [4.69, 9.17) is 6.57 Å². The Bertz CT molecular complexity index is 3360. The Morgan fingerprint density at radius 3 is 1.42 bits per heavy atom. The molecule has 0 amide bonds. The summed E-state index contributed by atoms with van der Waals surface area (Å²) in [6, 6.07) is 63.5. The van der Waals surface area contributed by atoms with Crippen LogP contribution in [-0.2, 0) is 0 Å². The summed E-state index contributed by atoms with van der Waals surface area (Å²) in [4.78, 5) is 4.08. The molecular formula is C50H29N5. The molecule has 3 heterocycles. The zero-order valence-electron chi connectivity index (χ0n) is 29.5. The van der Waals surface area contributed by atoms with Gasteiger partial charge in [0.15, 0.2) is 0 Å². The highest BCUT2D eigenvalue weighted by Crippen LogP contribution is 2.42. The van der Waals surface area contributed by atoms with Crippen LogP contribution in [0.15, 0.2) is 176 Å². The molecule has 55 heavy (non-hydrogen) atoms. The molecule has 0 saturated heterocycles. The molecule has 254 valence electrons. The standard InChI is InChI=1S/C50H29N5/c1-52-42-30-34(25-26-48(42)54-44-21-8-2-15-36(44)37-16-3-9-22-45(37)54)33-13-12-14-35(29-33)53-43-20-7-6-19-40(43)41-27-32(31-51)28-49(50(41)53)55-46-23-10-4-17-38(46)39-18-5-11-24-47(39)55/h2-30H. The number of para-hydroxylation sites is 5. The number of hydrogen-bond donors (Lipinski definition) is 0. The molecule has 0 bridgehead atoms. The SMILES string of the molecule is [C-]#[N+]c1cc(-c2cccc(-n3c4ccccc4c4cc(C#N)cc(-n5c6ccccc6c6ccccc65)c43)c2)ccc1-n1c2ccccc2c2ccccc21. The second-order valence-electron chi connectivity index (χ2n) is 14.0. The van der Waals surface area contributed by atoms with E-state index in [9.17, 15) is 5.26 Å². The first-order valence-electron chi connectivity index (χ1n) is 18.3. The minimum atomic E-state index is 0.587. The van der Waals surface area contributed by atoms with Gasteiger partial charge in [-0.2, -0.15) is 5.26 Å². The molecule has 0 aliphatic carbocycles. The highest BCUT2D eigenvalue weighted by molar-refractivity contribution is 6.15. The zero-order chi connectivity index (χ0) is 36.6. The van der Waals surface area contributed by atoms with E-state index in [1.165, 1.54) is 21.5 Å². The van der Waals surface area contributed by atoms with Gasteiger partial charge in [-0.25, -0.2) is 4.85 Å². The molecule has 0 N–H and O–H groups in total. The molecule has 0 aliphatic rings. The van der Waals surface area contributed by atoms with Crippen molar-refractivity contribution in [1.29, 1.82) is 5.26 Å². The van der Waals surface area contributed by atoms with E-state index in [0.29, 0.717) is 11.3 Å². The Labute approximate surface area is 316 Å². The fourth-order valence-corrected chi connectivity index (χ4v) is 8.75. The van der Waals surface area contributed by atoms with Gasteiger partial charge >= 0.3 is 0 Å². The zero-order valence-corrected chi connectivity index (χ0v) is 29.5. The lowest BCUT2D eigenvalue weighted by molar-refractivity contribution is 1.13. The van der Waals surface area contributed by atoms with Crippen LogP contribution in [-0.4, -0.2) is 13.7 Å². The van der Waals surface area contributed by atoms with Crippen LogP contribution in [0, 0.1) is 17.9 Å². The van der Waals surface area contributed by atoms with Gasteiger partial charge in [-0.15, -0.1) is 0 Å². The first-order valence-corrected chi connectivity index (χ1v) is 18.3. The lowest BCUT2D eigenvalue weighted by Gasteiger charge is -2.16. The number of benzene rings is 8. The van der Waals surface area contributed by atoms with Gasteiger partial charge in [0.1, 0.15) is 0 Å². The molecule has 0 saturated carbocycles. The summed E-state index contributed by atoms with van der Waals surface area (Å²) in [6.45, 7) is 8.32. The summed E-state index contributed by atoms with van der Waals surface area (Å²) in [5.41, 5.74) is 12.4. The molecule has 5 nitrogen and oxygen atoms in total. The Kier molecular flexibility index (Phi) is 6.61. The monoisotopic (exact) mass is 699 g/mol. The van der Waals surface area contributed by atoms with Crippen molar-refractivity contribution in [3.05, 3.63) is 193 Å².